The van der Waals surface area contributed by atoms with Crippen LogP contribution in [0, 0.1) is 6.92 Å². The molecule has 3 nitrogen and oxygen atoms in total. The molecule has 1 amide bonds. The Bertz CT molecular complexity index is 745. The molecule has 1 aliphatic carbocycles. The topological polar surface area (TPSA) is 38.3 Å². The summed E-state index contributed by atoms with van der Waals surface area (Å²) in [5.74, 6) is 0.949. The molecule has 4 rings (SSSR count). The quantitative estimate of drug-likeness (QED) is 0.894. The highest BCUT2D eigenvalue weighted by molar-refractivity contribution is 6.03. The van der Waals surface area contributed by atoms with Gasteiger partial charge in [-0.3, -0.25) is 4.79 Å². The third-order valence-electron chi connectivity index (χ3n) is 5.21. The van der Waals surface area contributed by atoms with Crippen LogP contribution >= 0.6 is 0 Å². The van der Waals surface area contributed by atoms with Crippen molar-refractivity contribution in [3.8, 4) is 5.75 Å². The van der Waals surface area contributed by atoms with E-state index in [0.29, 0.717) is 6.10 Å². The molecule has 0 radical (unpaired) electrons. The Labute approximate surface area is 143 Å². The zero-order chi connectivity index (χ0) is 16.5. The molecule has 0 bridgehead atoms. The van der Waals surface area contributed by atoms with Gasteiger partial charge in [-0.2, -0.15) is 0 Å². The van der Waals surface area contributed by atoms with Gasteiger partial charge in [0.2, 0.25) is 5.91 Å². The second-order valence-corrected chi connectivity index (χ2v) is 6.95. The van der Waals surface area contributed by atoms with E-state index in [4.69, 9.17) is 4.74 Å². The SMILES string of the molecule is Cc1cccc2c1NC(=O)C2Cc1ccc(OC2CCCC2)cc1. The molecule has 1 fully saturated rings. The lowest BCUT2D eigenvalue weighted by atomic mass is 9.92. The maximum atomic E-state index is 12.3. The number of aryl methyl sites for hydroxylation is 1. The Kier molecular flexibility index (Phi) is 4.01. The second-order valence-electron chi connectivity index (χ2n) is 6.95. The lowest BCUT2D eigenvalue weighted by Gasteiger charge is -2.14. The van der Waals surface area contributed by atoms with E-state index in [1.807, 2.05) is 31.2 Å². The molecule has 1 saturated carbocycles. The number of para-hydroxylation sites is 1. The molecule has 0 saturated heterocycles. The number of rotatable bonds is 4. The van der Waals surface area contributed by atoms with Gasteiger partial charge in [-0.05, 0) is 67.9 Å². The number of carbonyl (C=O) groups excluding carboxylic acids is 1. The zero-order valence-electron chi connectivity index (χ0n) is 14.0. The van der Waals surface area contributed by atoms with Gasteiger partial charge >= 0.3 is 0 Å². The molecule has 1 atom stereocenters. The summed E-state index contributed by atoms with van der Waals surface area (Å²) in [4.78, 5) is 12.3. The van der Waals surface area contributed by atoms with Crippen LogP contribution < -0.4 is 10.1 Å². The van der Waals surface area contributed by atoms with Gasteiger partial charge in [-0.25, -0.2) is 0 Å². The fourth-order valence-corrected chi connectivity index (χ4v) is 3.84. The summed E-state index contributed by atoms with van der Waals surface area (Å²) < 4.78 is 6.01. The van der Waals surface area contributed by atoms with E-state index in [-0.39, 0.29) is 11.8 Å². The highest BCUT2D eigenvalue weighted by Crippen LogP contribution is 2.37. The minimum absolute atomic E-state index is 0.0958. The van der Waals surface area contributed by atoms with Crippen LogP contribution in [0.3, 0.4) is 0 Å². The van der Waals surface area contributed by atoms with E-state index in [2.05, 4.69) is 23.5 Å². The number of carbonyl (C=O) groups is 1. The van der Waals surface area contributed by atoms with Gasteiger partial charge in [-0.1, -0.05) is 30.3 Å². The van der Waals surface area contributed by atoms with Crippen LogP contribution in [0.25, 0.3) is 0 Å². The molecule has 1 aliphatic heterocycles. The van der Waals surface area contributed by atoms with Crippen LogP contribution in [0.4, 0.5) is 5.69 Å². The van der Waals surface area contributed by atoms with Crippen LogP contribution in [0.2, 0.25) is 0 Å². The summed E-state index contributed by atoms with van der Waals surface area (Å²) in [6.07, 6.45) is 5.99. The molecule has 124 valence electrons. The van der Waals surface area contributed by atoms with Crippen molar-refractivity contribution in [1.82, 2.24) is 0 Å². The first-order valence-electron chi connectivity index (χ1n) is 8.86. The van der Waals surface area contributed by atoms with Crippen LogP contribution in [-0.2, 0) is 11.2 Å². The van der Waals surface area contributed by atoms with Crippen molar-refractivity contribution in [3.05, 3.63) is 59.2 Å². The van der Waals surface area contributed by atoms with Crippen molar-refractivity contribution in [2.75, 3.05) is 5.32 Å². The maximum Gasteiger partial charge on any atom is 0.232 e. The molecule has 24 heavy (non-hydrogen) atoms. The largest absolute Gasteiger partial charge is 0.490 e. The normalized spacial score (nSPS) is 20.0. The molecule has 0 aromatic heterocycles. The van der Waals surface area contributed by atoms with E-state index in [0.717, 1.165) is 29.0 Å². The van der Waals surface area contributed by atoms with E-state index in [1.54, 1.807) is 0 Å². The van der Waals surface area contributed by atoms with Gasteiger partial charge in [0, 0.05) is 5.69 Å². The third kappa shape index (κ3) is 2.91. The van der Waals surface area contributed by atoms with Gasteiger partial charge < -0.3 is 10.1 Å². The minimum Gasteiger partial charge on any atom is -0.490 e. The monoisotopic (exact) mass is 321 g/mol. The number of fused-ring (bicyclic) bond motifs is 1. The number of benzene rings is 2. The van der Waals surface area contributed by atoms with Crippen molar-refractivity contribution < 1.29 is 9.53 Å². The summed E-state index contributed by atoms with van der Waals surface area (Å²) in [5, 5.41) is 3.03. The van der Waals surface area contributed by atoms with Gasteiger partial charge in [-0.15, -0.1) is 0 Å². The summed E-state index contributed by atoms with van der Waals surface area (Å²) >= 11 is 0. The molecule has 2 aliphatic rings. The predicted octanol–water partition coefficient (Wildman–Crippen LogP) is 4.59. The Hall–Kier alpha value is -2.29. The number of amides is 1. The summed E-state index contributed by atoms with van der Waals surface area (Å²) in [6.45, 7) is 2.04. The summed E-state index contributed by atoms with van der Waals surface area (Å²) in [6, 6.07) is 14.4. The van der Waals surface area contributed by atoms with Crippen LogP contribution in [0.15, 0.2) is 42.5 Å². The van der Waals surface area contributed by atoms with Crippen LogP contribution in [0.1, 0.15) is 48.3 Å². The Morgan fingerprint density at radius 3 is 2.58 bits per heavy atom. The predicted molar refractivity (Wildman–Crippen MR) is 95.6 cm³/mol. The molecular formula is C21H23NO2. The number of nitrogens with one attached hydrogen (secondary N) is 1. The summed E-state index contributed by atoms with van der Waals surface area (Å²) in [7, 11) is 0. The van der Waals surface area contributed by atoms with Crippen LogP contribution in [0.5, 0.6) is 5.75 Å². The number of ether oxygens (including phenoxy) is 1. The zero-order valence-corrected chi connectivity index (χ0v) is 14.0. The van der Waals surface area contributed by atoms with Gasteiger partial charge in [0.15, 0.2) is 0 Å². The number of hydrogen-bond acceptors (Lipinski definition) is 2. The lowest BCUT2D eigenvalue weighted by Crippen LogP contribution is -2.14. The molecule has 0 spiro atoms. The average molecular weight is 321 g/mol. The first kappa shape index (κ1) is 15.3. The Morgan fingerprint density at radius 2 is 1.83 bits per heavy atom. The Morgan fingerprint density at radius 1 is 1.08 bits per heavy atom. The first-order chi connectivity index (χ1) is 11.7. The van der Waals surface area contributed by atoms with Gasteiger partial charge in [0.1, 0.15) is 5.75 Å². The fraction of sp³-hybridized carbons (Fsp3) is 0.381. The number of anilines is 1. The van der Waals surface area contributed by atoms with E-state index >= 15 is 0 Å². The van der Waals surface area contributed by atoms with Crippen molar-refractivity contribution in [3.63, 3.8) is 0 Å². The number of hydrogen-bond donors (Lipinski definition) is 1. The molecule has 2 aromatic rings. The van der Waals surface area contributed by atoms with E-state index in [1.165, 1.54) is 31.2 Å². The molecule has 1 heterocycles. The highest BCUT2D eigenvalue weighted by atomic mass is 16.5. The standard InChI is InChI=1S/C21H23NO2/c1-14-5-4-8-18-19(21(23)22-20(14)18)13-15-9-11-17(12-10-15)24-16-6-2-3-7-16/h4-5,8-12,16,19H,2-3,6-7,13H2,1H3,(H,22,23). The first-order valence-corrected chi connectivity index (χ1v) is 8.86. The molecule has 2 aromatic carbocycles. The Balaban J connectivity index is 1.48. The second kappa shape index (κ2) is 6.31. The molecule has 1 unspecified atom stereocenters. The molecule has 3 heteroatoms. The highest BCUT2D eigenvalue weighted by Gasteiger charge is 2.31. The molecular weight excluding hydrogens is 298 g/mol. The van der Waals surface area contributed by atoms with Crippen molar-refractivity contribution in [2.45, 2.75) is 51.0 Å². The van der Waals surface area contributed by atoms with Crippen molar-refractivity contribution >= 4 is 11.6 Å². The van der Waals surface area contributed by atoms with E-state index < -0.39 is 0 Å². The average Bonchev–Trinajstić information content (AvgIpc) is 3.19. The maximum absolute atomic E-state index is 12.3. The molecule has 1 N–H and O–H groups in total. The van der Waals surface area contributed by atoms with Crippen LogP contribution in [-0.4, -0.2) is 12.0 Å². The van der Waals surface area contributed by atoms with Gasteiger partial charge in [0.05, 0.1) is 12.0 Å². The summed E-state index contributed by atoms with van der Waals surface area (Å²) in [5.41, 5.74) is 4.41. The lowest BCUT2D eigenvalue weighted by molar-refractivity contribution is -0.117. The smallest absolute Gasteiger partial charge is 0.232 e. The van der Waals surface area contributed by atoms with Crippen molar-refractivity contribution in [1.29, 1.82) is 0 Å². The van der Waals surface area contributed by atoms with Crippen molar-refractivity contribution in [2.24, 2.45) is 0 Å². The van der Waals surface area contributed by atoms with Gasteiger partial charge in [0.25, 0.3) is 0 Å². The minimum atomic E-state index is -0.0958. The third-order valence-corrected chi connectivity index (χ3v) is 5.21. The fourth-order valence-electron chi connectivity index (χ4n) is 3.84. The van der Waals surface area contributed by atoms with E-state index in [9.17, 15) is 4.79 Å².